The molecule has 0 aliphatic heterocycles. The second kappa shape index (κ2) is 4.91. The van der Waals surface area contributed by atoms with Crippen molar-refractivity contribution < 1.29 is 0 Å². The molecule has 0 unspecified atom stereocenters. The van der Waals surface area contributed by atoms with Gasteiger partial charge in [-0.25, -0.2) is 9.67 Å². The SMILES string of the molecule is CCCc1nn(C)c2c1nc(N)n2-c1cccc(C)c1C. The van der Waals surface area contributed by atoms with Crippen molar-refractivity contribution in [1.29, 1.82) is 0 Å². The van der Waals surface area contributed by atoms with Crippen molar-refractivity contribution in [2.24, 2.45) is 7.05 Å². The lowest BCUT2D eigenvalue weighted by Crippen LogP contribution is -2.07. The standard InChI is InChI=1S/C16H21N5/c1-5-7-12-14-15(20(4)19-12)21(16(17)18-14)13-9-6-8-10(2)11(13)3/h6,8-9H,5,7H2,1-4H3,(H2,17,18). The van der Waals surface area contributed by atoms with Crippen LogP contribution in [0.3, 0.4) is 0 Å². The number of hydrogen-bond donors (Lipinski definition) is 1. The molecule has 0 saturated carbocycles. The molecule has 0 amide bonds. The van der Waals surface area contributed by atoms with Crippen LogP contribution in [-0.4, -0.2) is 19.3 Å². The van der Waals surface area contributed by atoms with Crippen molar-refractivity contribution in [3.05, 3.63) is 35.0 Å². The molecule has 0 spiro atoms. The molecule has 2 aromatic heterocycles. The van der Waals surface area contributed by atoms with Crippen molar-refractivity contribution in [3.63, 3.8) is 0 Å². The van der Waals surface area contributed by atoms with Gasteiger partial charge in [-0.1, -0.05) is 25.5 Å². The van der Waals surface area contributed by atoms with Crippen LogP contribution in [0.2, 0.25) is 0 Å². The van der Waals surface area contributed by atoms with Crippen LogP contribution >= 0.6 is 0 Å². The summed E-state index contributed by atoms with van der Waals surface area (Å²) < 4.78 is 3.88. The molecular weight excluding hydrogens is 262 g/mol. The van der Waals surface area contributed by atoms with Crippen LogP contribution < -0.4 is 5.73 Å². The maximum atomic E-state index is 6.19. The number of benzene rings is 1. The molecule has 0 atom stereocenters. The molecule has 110 valence electrons. The predicted molar refractivity (Wildman–Crippen MR) is 85.7 cm³/mol. The number of hydrogen-bond acceptors (Lipinski definition) is 3. The molecule has 3 aromatic rings. The number of imidazole rings is 1. The summed E-state index contributed by atoms with van der Waals surface area (Å²) in [6, 6.07) is 6.23. The van der Waals surface area contributed by atoms with Crippen molar-refractivity contribution in [2.75, 3.05) is 5.73 Å². The molecule has 0 fully saturated rings. The summed E-state index contributed by atoms with van der Waals surface area (Å²) in [5, 5.41) is 4.60. The van der Waals surface area contributed by atoms with Crippen LogP contribution in [0.4, 0.5) is 5.95 Å². The second-order valence-corrected chi connectivity index (χ2v) is 5.52. The van der Waals surface area contributed by atoms with Gasteiger partial charge >= 0.3 is 0 Å². The Kier molecular flexibility index (Phi) is 3.20. The van der Waals surface area contributed by atoms with Gasteiger partial charge in [-0.2, -0.15) is 5.10 Å². The number of nitrogens with zero attached hydrogens (tertiary/aromatic N) is 4. The van der Waals surface area contributed by atoms with Gasteiger partial charge in [0.25, 0.3) is 0 Å². The van der Waals surface area contributed by atoms with E-state index in [-0.39, 0.29) is 0 Å². The van der Waals surface area contributed by atoms with Gasteiger partial charge in [-0.05, 0) is 37.5 Å². The van der Waals surface area contributed by atoms with Crippen LogP contribution in [0.5, 0.6) is 0 Å². The molecule has 5 nitrogen and oxygen atoms in total. The molecule has 2 N–H and O–H groups in total. The number of aromatic nitrogens is 4. The van der Waals surface area contributed by atoms with Crippen molar-refractivity contribution in [2.45, 2.75) is 33.6 Å². The van der Waals surface area contributed by atoms with E-state index in [9.17, 15) is 0 Å². The van der Waals surface area contributed by atoms with Crippen LogP contribution in [0, 0.1) is 13.8 Å². The summed E-state index contributed by atoms with van der Waals surface area (Å²) >= 11 is 0. The average Bonchev–Trinajstić information content (AvgIpc) is 2.92. The molecule has 5 heteroatoms. The Morgan fingerprint density at radius 1 is 1.24 bits per heavy atom. The maximum absolute atomic E-state index is 6.19. The van der Waals surface area contributed by atoms with E-state index in [2.05, 4.69) is 43.0 Å². The smallest absolute Gasteiger partial charge is 0.207 e. The highest BCUT2D eigenvalue weighted by atomic mass is 15.3. The zero-order chi connectivity index (χ0) is 15.1. The molecule has 21 heavy (non-hydrogen) atoms. The first-order valence-electron chi connectivity index (χ1n) is 7.31. The molecule has 2 heterocycles. The molecule has 1 aromatic carbocycles. The quantitative estimate of drug-likeness (QED) is 0.804. The first-order valence-corrected chi connectivity index (χ1v) is 7.31. The Hall–Kier alpha value is -2.30. The fourth-order valence-electron chi connectivity index (χ4n) is 2.82. The number of anilines is 1. The minimum absolute atomic E-state index is 0.518. The van der Waals surface area contributed by atoms with Gasteiger partial charge in [0.05, 0.1) is 11.4 Å². The van der Waals surface area contributed by atoms with Crippen LogP contribution in [-0.2, 0) is 13.5 Å². The largest absolute Gasteiger partial charge is 0.369 e. The normalized spacial score (nSPS) is 11.4. The monoisotopic (exact) mass is 283 g/mol. The first kappa shape index (κ1) is 13.7. The van der Waals surface area contributed by atoms with Gasteiger partial charge in [-0.15, -0.1) is 0 Å². The van der Waals surface area contributed by atoms with Crippen molar-refractivity contribution in [3.8, 4) is 5.69 Å². The summed E-state index contributed by atoms with van der Waals surface area (Å²) in [4.78, 5) is 4.56. The van der Waals surface area contributed by atoms with Gasteiger partial charge < -0.3 is 5.73 Å². The highest BCUT2D eigenvalue weighted by Gasteiger charge is 2.19. The molecule has 3 rings (SSSR count). The Bertz CT molecular complexity index is 810. The Balaban J connectivity index is 2.33. The second-order valence-electron chi connectivity index (χ2n) is 5.52. The van der Waals surface area contributed by atoms with Crippen molar-refractivity contribution >= 4 is 17.1 Å². The summed E-state index contributed by atoms with van der Waals surface area (Å²) in [5.74, 6) is 0.518. The minimum atomic E-state index is 0.518. The zero-order valence-electron chi connectivity index (χ0n) is 13.0. The van der Waals surface area contributed by atoms with Crippen LogP contribution in [0.15, 0.2) is 18.2 Å². The van der Waals surface area contributed by atoms with Crippen molar-refractivity contribution in [1.82, 2.24) is 19.3 Å². The minimum Gasteiger partial charge on any atom is -0.369 e. The number of fused-ring (bicyclic) bond motifs is 1. The van der Waals surface area contributed by atoms with Gasteiger partial charge in [0, 0.05) is 7.05 Å². The summed E-state index contributed by atoms with van der Waals surface area (Å²) in [7, 11) is 1.95. The highest BCUT2D eigenvalue weighted by molar-refractivity contribution is 5.80. The molecule has 0 aliphatic rings. The zero-order valence-corrected chi connectivity index (χ0v) is 13.0. The van der Waals surface area contributed by atoms with E-state index in [1.165, 1.54) is 11.1 Å². The molecule has 0 radical (unpaired) electrons. The highest BCUT2D eigenvalue weighted by Crippen LogP contribution is 2.28. The number of nitrogens with two attached hydrogens (primary N) is 1. The predicted octanol–water partition coefficient (Wildman–Crippen LogP) is 2.91. The molecule has 0 aliphatic carbocycles. The van der Waals surface area contributed by atoms with E-state index in [1.54, 1.807) is 0 Å². The number of rotatable bonds is 3. The van der Waals surface area contributed by atoms with Gasteiger partial charge in [-0.3, -0.25) is 4.57 Å². The third-order valence-electron chi connectivity index (χ3n) is 4.03. The van der Waals surface area contributed by atoms with Gasteiger partial charge in [0.15, 0.2) is 5.65 Å². The summed E-state index contributed by atoms with van der Waals surface area (Å²) in [6.07, 6.45) is 1.96. The van der Waals surface area contributed by atoms with Crippen LogP contribution in [0.1, 0.15) is 30.2 Å². The summed E-state index contributed by atoms with van der Waals surface area (Å²) in [6.45, 7) is 6.36. The lowest BCUT2D eigenvalue weighted by atomic mass is 10.1. The third-order valence-corrected chi connectivity index (χ3v) is 4.03. The van der Waals surface area contributed by atoms with E-state index in [0.717, 1.165) is 35.4 Å². The maximum Gasteiger partial charge on any atom is 0.207 e. The molecular formula is C16H21N5. The topological polar surface area (TPSA) is 61.7 Å². The summed E-state index contributed by atoms with van der Waals surface area (Å²) in [5.41, 5.74) is 12.6. The first-order chi connectivity index (χ1) is 10.0. The molecule has 0 bridgehead atoms. The van der Waals surface area contributed by atoms with E-state index in [4.69, 9.17) is 5.73 Å². The van der Waals surface area contributed by atoms with E-state index >= 15 is 0 Å². The fraction of sp³-hybridized carbons (Fsp3) is 0.375. The third kappa shape index (κ3) is 2.00. The Morgan fingerprint density at radius 3 is 2.71 bits per heavy atom. The number of nitrogen functional groups attached to an aromatic ring is 1. The van der Waals surface area contributed by atoms with E-state index in [0.29, 0.717) is 5.95 Å². The lowest BCUT2D eigenvalue weighted by Gasteiger charge is -2.12. The Morgan fingerprint density at radius 2 is 2.00 bits per heavy atom. The van der Waals surface area contributed by atoms with Gasteiger partial charge in [0.1, 0.15) is 5.52 Å². The van der Waals surface area contributed by atoms with E-state index < -0.39 is 0 Å². The number of aryl methyl sites for hydroxylation is 3. The lowest BCUT2D eigenvalue weighted by molar-refractivity contribution is 0.737. The fourth-order valence-corrected chi connectivity index (χ4v) is 2.82. The van der Waals surface area contributed by atoms with Gasteiger partial charge in [0.2, 0.25) is 5.95 Å². The van der Waals surface area contributed by atoms with Crippen LogP contribution in [0.25, 0.3) is 16.9 Å². The molecule has 0 saturated heterocycles. The average molecular weight is 283 g/mol. The van der Waals surface area contributed by atoms with E-state index in [1.807, 2.05) is 22.4 Å². The Labute approximate surface area is 124 Å².